The Morgan fingerprint density at radius 3 is 2.76 bits per heavy atom. The van der Waals surface area contributed by atoms with Crippen LogP contribution in [0.4, 0.5) is 0 Å². The summed E-state index contributed by atoms with van der Waals surface area (Å²) in [7, 11) is 0. The van der Waals surface area contributed by atoms with Crippen LogP contribution < -0.4 is 15.6 Å². The van der Waals surface area contributed by atoms with Gasteiger partial charge in [-0.05, 0) is 24.6 Å². The van der Waals surface area contributed by atoms with Crippen LogP contribution in [0.2, 0.25) is 0 Å². The minimum atomic E-state index is 0.171. The molecule has 17 heavy (non-hydrogen) atoms. The summed E-state index contributed by atoms with van der Waals surface area (Å²) in [5, 5.41) is 7.41. The molecule has 2 aliphatic rings. The van der Waals surface area contributed by atoms with Gasteiger partial charge in [-0.2, -0.15) is 0 Å². The topological polar surface area (TPSA) is 55.1 Å². The summed E-state index contributed by atoms with van der Waals surface area (Å²) >= 11 is 1.57. The monoisotopic (exact) mass is 256 g/mol. The van der Waals surface area contributed by atoms with Crippen molar-refractivity contribution in [2.24, 2.45) is 0 Å². The van der Waals surface area contributed by atoms with Crippen LogP contribution in [-0.4, -0.2) is 36.0 Å². The van der Waals surface area contributed by atoms with Crippen molar-refractivity contribution in [3.05, 3.63) is 0 Å². The predicted molar refractivity (Wildman–Crippen MR) is 70.9 cm³/mol. The molecule has 0 atom stereocenters. The van der Waals surface area contributed by atoms with E-state index in [1.807, 2.05) is 0 Å². The van der Waals surface area contributed by atoms with Gasteiger partial charge in [-0.1, -0.05) is 25.7 Å². The zero-order valence-electron chi connectivity index (χ0n) is 10.3. The smallest absolute Gasteiger partial charge is 0.304 e. The molecule has 2 rings (SSSR count). The SMILES string of the molecule is O=C(CSC1=[NH+]CCN1)NC1CCCCCC1. The molecule has 1 amide bonds. The Balaban J connectivity index is 1.65. The Labute approximate surface area is 107 Å². The maximum atomic E-state index is 11.8. The highest BCUT2D eigenvalue weighted by Gasteiger charge is 2.18. The van der Waals surface area contributed by atoms with E-state index in [1.54, 1.807) is 11.8 Å². The van der Waals surface area contributed by atoms with Crippen LogP contribution in [0.3, 0.4) is 0 Å². The van der Waals surface area contributed by atoms with Crippen LogP contribution in [0.5, 0.6) is 0 Å². The van der Waals surface area contributed by atoms with Gasteiger partial charge in [0.1, 0.15) is 13.1 Å². The minimum absolute atomic E-state index is 0.171. The van der Waals surface area contributed by atoms with Gasteiger partial charge >= 0.3 is 5.17 Å². The molecule has 1 saturated carbocycles. The number of thioether (sulfide) groups is 1. The second-order valence-electron chi connectivity index (χ2n) is 4.73. The second-order valence-corrected chi connectivity index (χ2v) is 5.71. The highest BCUT2D eigenvalue weighted by atomic mass is 32.2. The van der Waals surface area contributed by atoms with E-state index >= 15 is 0 Å². The van der Waals surface area contributed by atoms with Gasteiger partial charge in [0.2, 0.25) is 5.91 Å². The molecule has 3 N–H and O–H groups in total. The van der Waals surface area contributed by atoms with Crippen LogP contribution in [0.1, 0.15) is 38.5 Å². The van der Waals surface area contributed by atoms with Crippen LogP contribution in [0.15, 0.2) is 0 Å². The molecule has 0 aromatic heterocycles. The molecule has 1 aliphatic heterocycles. The third-order valence-electron chi connectivity index (χ3n) is 3.26. The van der Waals surface area contributed by atoms with Crippen molar-refractivity contribution in [1.29, 1.82) is 0 Å². The van der Waals surface area contributed by atoms with E-state index in [2.05, 4.69) is 15.6 Å². The number of carbonyl (C=O) groups is 1. The molecule has 1 fully saturated rings. The molecule has 96 valence electrons. The summed E-state index contributed by atoms with van der Waals surface area (Å²) in [5.41, 5.74) is 0. The highest BCUT2D eigenvalue weighted by molar-refractivity contribution is 8.14. The first-order valence-corrected chi connectivity index (χ1v) is 7.60. The largest absolute Gasteiger partial charge is 0.353 e. The Kier molecular flexibility index (Phi) is 5.16. The van der Waals surface area contributed by atoms with Crippen molar-refractivity contribution in [2.45, 2.75) is 44.6 Å². The lowest BCUT2D eigenvalue weighted by Crippen LogP contribution is -2.69. The molecule has 0 unspecified atom stereocenters. The maximum absolute atomic E-state index is 11.8. The normalized spacial score (nSPS) is 21.5. The van der Waals surface area contributed by atoms with Gasteiger partial charge in [0.15, 0.2) is 0 Å². The van der Waals surface area contributed by atoms with E-state index in [9.17, 15) is 4.79 Å². The van der Waals surface area contributed by atoms with Crippen molar-refractivity contribution >= 4 is 22.8 Å². The average molecular weight is 256 g/mol. The Hall–Kier alpha value is -0.710. The number of hydrogen-bond acceptors (Lipinski definition) is 3. The van der Waals surface area contributed by atoms with Gasteiger partial charge in [0, 0.05) is 6.04 Å². The van der Waals surface area contributed by atoms with Crippen molar-refractivity contribution in [1.82, 2.24) is 10.6 Å². The number of amides is 1. The predicted octanol–water partition coefficient (Wildman–Crippen LogP) is -0.402. The summed E-state index contributed by atoms with van der Waals surface area (Å²) in [6, 6.07) is 0.417. The minimum Gasteiger partial charge on any atom is -0.353 e. The van der Waals surface area contributed by atoms with E-state index in [4.69, 9.17) is 0 Å². The molecule has 0 radical (unpaired) electrons. The fraction of sp³-hybridized carbons (Fsp3) is 0.833. The van der Waals surface area contributed by atoms with E-state index in [1.165, 1.54) is 25.7 Å². The van der Waals surface area contributed by atoms with Crippen molar-refractivity contribution in [3.63, 3.8) is 0 Å². The van der Waals surface area contributed by atoms with Gasteiger partial charge < -0.3 is 5.32 Å². The molecular weight excluding hydrogens is 234 g/mol. The fourth-order valence-corrected chi connectivity index (χ4v) is 3.11. The molecule has 1 aliphatic carbocycles. The van der Waals surface area contributed by atoms with Gasteiger partial charge in [-0.15, -0.1) is 0 Å². The van der Waals surface area contributed by atoms with E-state index in [-0.39, 0.29) is 5.91 Å². The van der Waals surface area contributed by atoms with Crippen molar-refractivity contribution in [3.8, 4) is 0 Å². The molecule has 0 aromatic rings. The van der Waals surface area contributed by atoms with Crippen LogP contribution >= 0.6 is 11.8 Å². The first-order chi connectivity index (χ1) is 8.34. The van der Waals surface area contributed by atoms with Crippen molar-refractivity contribution in [2.75, 3.05) is 18.8 Å². The molecule has 4 nitrogen and oxygen atoms in total. The average Bonchev–Trinajstić information content (AvgIpc) is 2.72. The summed E-state index contributed by atoms with van der Waals surface area (Å²) in [6.45, 7) is 1.93. The lowest BCUT2D eigenvalue weighted by atomic mass is 10.1. The van der Waals surface area contributed by atoms with Crippen LogP contribution in [0.25, 0.3) is 0 Å². The second kappa shape index (κ2) is 6.89. The van der Waals surface area contributed by atoms with Gasteiger partial charge in [-0.25, -0.2) is 0 Å². The summed E-state index contributed by atoms with van der Waals surface area (Å²) in [5.74, 6) is 0.691. The number of amidine groups is 1. The third kappa shape index (κ3) is 4.58. The third-order valence-corrected chi connectivity index (χ3v) is 4.25. The number of carbonyl (C=O) groups excluding carboxylic acids is 1. The lowest BCUT2D eigenvalue weighted by molar-refractivity contribution is -0.441. The molecule has 5 heteroatoms. The van der Waals surface area contributed by atoms with Crippen LogP contribution in [-0.2, 0) is 4.79 Å². The molecule has 0 spiro atoms. The standard InChI is InChI=1S/C12H21N3OS/c16-11(9-17-12-13-7-8-14-12)15-10-5-3-1-2-4-6-10/h10H,1-9H2,(H,13,14)(H,15,16)/p+1. The number of nitrogens with one attached hydrogen (secondary N) is 3. The fourth-order valence-electron chi connectivity index (χ4n) is 2.35. The molecule has 0 aromatic carbocycles. The van der Waals surface area contributed by atoms with E-state index < -0.39 is 0 Å². The molecular formula is C12H22N3OS+. The van der Waals surface area contributed by atoms with E-state index in [0.29, 0.717) is 11.8 Å². The first-order valence-electron chi connectivity index (χ1n) is 6.61. The zero-order chi connectivity index (χ0) is 11.9. The number of hydrogen-bond donors (Lipinski definition) is 3. The van der Waals surface area contributed by atoms with Gasteiger partial charge in [0.25, 0.3) is 0 Å². The van der Waals surface area contributed by atoms with Crippen LogP contribution in [0, 0.1) is 0 Å². The Bertz CT molecular complexity index is 285. The quantitative estimate of drug-likeness (QED) is 0.602. The molecule has 1 heterocycles. The number of rotatable bonds is 3. The zero-order valence-corrected chi connectivity index (χ0v) is 11.1. The van der Waals surface area contributed by atoms with Gasteiger partial charge in [-0.3, -0.25) is 15.1 Å². The molecule has 0 saturated heterocycles. The maximum Gasteiger partial charge on any atom is 0.304 e. The lowest BCUT2D eigenvalue weighted by Gasteiger charge is -2.15. The van der Waals surface area contributed by atoms with Crippen molar-refractivity contribution < 1.29 is 9.79 Å². The highest BCUT2D eigenvalue weighted by Crippen LogP contribution is 2.17. The molecule has 0 bridgehead atoms. The first kappa shape index (κ1) is 12.7. The van der Waals surface area contributed by atoms with E-state index in [0.717, 1.165) is 31.1 Å². The summed E-state index contributed by atoms with van der Waals surface area (Å²) < 4.78 is 0. The Morgan fingerprint density at radius 2 is 2.12 bits per heavy atom. The summed E-state index contributed by atoms with van der Waals surface area (Å²) in [4.78, 5) is 15.0. The Morgan fingerprint density at radius 1 is 1.35 bits per heavy atom. The summed E-state index contributed by atoms with van der Waals surface area (Å²) in [6.07, 6.45) is 7.49. The van der Waals surface area contributed by atoms with Gasteiger partial charge in [0.05, 0.1) is 5.75 Å².